The van der Waals surface area contributed by atoms with Crippen molar-refractivity contribution in [1.29, 1.82) is 0 Å². The Morgan fingerprint density at radius 3 is 2.52 bits per heavy atom. The lowest BCUT2D eigenvalue weighted by atomic mass is 10.0. The third-order valence-corrected chi connectivity index (χ3v) is 3.53. The summed E-state index contributed by atoms with van der Waals surface area (Å²) in [6, 6.07) is 4.12. The number of aliphatic hydroxyl groups excluding tert-OH is 1. The number of fused-ring (bicyclic) bond motifs is 1. The molecule has 1 aromatic heterocycles. The Kier molecular flexibility index (Phi) is 4.91. The molecule has 0 spiro atoms. The van der Waals surface area contributed by atoms with Gasteiger partial charge in [-0.25, -0.2) is 4.79 Å². The predicted octanol–water partition coefficient (Wildman–Crippen LogP) is 1.84. The van der Waals surface area contributed by atoms with Crippen molar-refractivity contribution >= 4 is 26.8 Å². The number of hydrogen-bond acceptors (Lipinski definition) is 7. The minimum absolute atomic E-state index is 0.0247. The summed E-state index contributed by atoms with van der Waals surface area (Å²) in [6.45, 7) is 0.882. The molecular formula is C14H12F3NO6S. The predicted molar refractivity (Wildman–Crippen MR) is 81.7 cm³/mol. The van der Waals surface area contributed by atoms with Crippen molar-refractivity contribution < 1.29 is 35.4 Å². The van der Waals surface area contributed by atoms with Crippen LogP contribution in [0, 0.1) is 6.92 Å². The molecule has 0 bridgehead atoms. The monoisotopic (exact) mass is 379 g/mol. The van der Waals surface area contributed by atoms with Crippen molar-refractivity contribution in [3.63, 3.8) is 0 Å². The van der Waals surface area contributed by atoms with Crippen LogP contribution >= 0.6 is 0 Å². The average Bonchev–Trinajstić information content (AvgIpc) is 2.47. The smallest absolute Gasteiger partial charge is 0.422 e. The molecule has 0 radical (unpaired) electrons. The maximum atomic E-state index is 13.2. The first-order valence-corrected chi connectivity index (χ1v) is 8.47. The number of hydrogen-bond donors (Lipinski definition) is 1. The molecule has 0 amide bonds. The summed E-state index contributed by atoms with van der Waals surface area (Å²) in [6.07, 6.45) is -4.65. The molecular weight excluding hydrogens is 367 g/mol. The van der Waals surface area contributed by atoms with Crippen molar-refractivity contribution in [3.05, 3.63) is 45.3 Å². The number of benzene rings is 1. The van der Waals surface area contributed by atoms with E-state index in [2.05, 4.69) is 9.44 Å². The standard InChI is InChI=1S/C14H12F3NO6S/c1-7-9-4-3-8(6-19)5-10(9)23-13(20)11(7)12(14(15,16)17)18-24-25(2,21)22/h3-5,19H,6H2,1-2H3/b18-12-. The van der Waals surface area contributed by atoms with Crippen molar-refractivity contribution in [1.82, 2.24) is 0 Å². The van der Waals surface area contributed by atoms with Crippen LogP contribution in [0.4, 0.5) is 13.2 Å². The lowest BCUT2D eigenvalue weighted by Gasteiger charge is -2.12. The molecule has 7 nitrogen and oxygen atoms in total. The Morgan fingerprint density at radius 2 is 2.00 bits per heavy atom. The van der Waals surface area contributed by atoms with Crippen LogP contribution < -0.4 is 5.63 Å². The minimum Gasteiger partial charge on any atom is -0.422 e. The van der Waals surface area contributed by atoms with E-state index in [-0.39, 0.29) is 23.1 Å². The Bertz CT molecular complexity index is 1010. The molecule has 0 aliphatic carbocycles. The molecule has 0 saturated heterocycles. The summed E-state index contributed by atoms with van der Waals surface area (Å²) in [4.78, 5) is 12.1. The molecule has 2 rings (SSSR count). The van der Waals surface area contributed by atoms with Crippen molar-refractivity contribution in [3.8, 4) is 0 Å². The number of aryl methyl sites for hydroxylation is 1. The van der Waals surface area contributed by atoms with Gasteiger partial charge in [0.05, 0.1) is 18.4 Å². The van der Waals surface area contributed by atoms with Gasteiger partial charge in [0, 0.05) is 5.39 Å². The molecule has 136 valence electrons. The van der Waals surface area contributed by atoms with E-state index in [0.29, 0.717) is 11.8 Å². The summed E-state index contributed by atoms with van der Waals surface area (Å²) < 4.78 is 70.3. The second-order valence-electron chi connectivity index (χ2n) is 5.09. The van der Waals surface area contributed by atoms with E-state index in [9.17, 15) is 26.4 Å². The molecule has 2 aromatic rings. The van der Waals surface area contributed by atoms with Crippen LogP contribution in [0.1, 0.15) is 16.7 Å². The Labute approximate surface area is 139 Å². The maximum Gasteiger partial charge on any atom is 0.437 e. The second-order valence-corrected chi connectivity index (χ2v) is 6.65. The van der Waals surface area contributed by atoms with E-state index in [4.69, 9.17) is 9.52 Å². The zero-order chi connectivity index (χ0) is 19.0. The largest absolute Gasteiger partial charge is 0.437 e. The van der Waals surface area contributed by atoms with Crippen LogP contribution in [0.3, 0.4) is 0 Å². The van der Waals surface area contributed by atoms with Crippen LogP contribution in [0.2, 0.25) is 0 Å². The number of alkyl halides is 3. The molecule has 1 heterocycles. The third-order valence-electron chi connectivity index (χ3n) is 3.18. The summed E-state index contributed by atoms with van der Waals surface area (Å²) in [7, 11) is -4.31. The highest BCUT2D eigenvalue weighted by Gasteiger charge is 2.41. The van der Waals surface area contributed by atoms with Gasteiger partial charge in [-0.15, -0.1) is 0 Å². The third kappa shape index (κ3) is 4.17. The van der Waals surface area contributed by atoms with E-state index in [1.165, 1.54) is 25.1 Å². The molecule has 25 heavy (non-hydrogen) atoms. The number of halogens is 3. The van der Waals surface area contributed by atoms with Crippen LogP contribution in [0.5, 0.6) is 0 Å². The molecule has 0 fully saturated rings. The van der Waals surface area contributed by atoms with Gasteiger partial charge in [-0.05, 0) is 24.1 Å². The van der Waals surface area contributed by atoms with E-state index in [0.717, 1.165) is 0 Å². The van der Waals surface area contributed by atoms with Crippen LogP contribution in [0.25, 0.3) is 11.0 Å². The van der Waals surface area contributed by atoms with Gasteiger partial charge in [-0.2, -0.15) is 21.6 Å². The molecule has 0 atom stereocenters. The lowest BCUT2D eigenvalue weighted by Crippen LogP contribution is -2.31. The van der Waals surface area contributed by atoms with Gasteiger partial charge in [0.1, 0.15) is 5.58 Å². The van der Waals surface area contributed by atoms with Gasteiger partial charge in [-0.3, -0.25) is 4.28 Å². The SMILES string of the molecule is Cc1c(/C(=N/OS(C)(=O)=O)C(F)(F)F)c(=O)oc2cc(CO)ccc12. The maximum absolute atomic E-state index is 13.2. The van der Waals surface area contributed by atoms with Gasteiger partial charge in [0.25, 0.3) is 0 Å². The van der Waals surface area contributed by atoms with E-state index < -0.39 is 33.2 Å². The van der Waals surface area contributed by atoms with Gasteiger partial charge in [-0.1, -0.05) is 17.3 Å². The Hall–Kier alpha value is -2.40. The zero-order valence-electron chi connectivity index (χ0n) is 12.9. The zero-order valence-corrected chi connectivity index (χ0v) is 13.7. The number of aliphatic hydroxyl groups is 1. The highest BCUT2D eigenvalue weighted by molar-refractivity contribution is 7.85. The fraction of sp³-hybridized carbons (Fsp3) is 0.286. The minimum atomic E-state index is -5.16. The van der Waals surface area contributed by atoms with E-state index in [1.807, 2.05) is 0 Å². The highest BCUT2D eigenvalue weighted by atomic mass is 32.2. The van der Waals surface area contributed by atoms with Gasteiger partial charge in [0.15, 0.2) is 5.71 Å². The van der Waals surface area contributed by atoms with Gasteiger partial charge >= 0.3 is 21.9 Å². The van der Waals surface area contributed by atoms with E-state index >= 15 is 0 Å². The topological polar surface area (TPSA) is 106 Å². The fourth-order valence-corrected chi connectivity index (χ4v) is 2.33. The fourth-order valence-electron chi connectivity index (χ4n) is 2.12. The molecule has 1 N–H and O–H groups in total. The summed E-state index contributed by atoms with van der Waals surface area (Å²) in [5.41, 5.74) is -3.90. The first-order valence-electron chi connectivity index (χ1n) is 6.65. The van der Waals surface area contributed by atoms with Crippen LogP contribution in [-0.4, -0.2) is 31.7 Å². The van der Waals surface area contributed by atoms with E-state index in [1.54, 1.807) is 0 Å². The summed E-state index contributed by atoms with van der Waals surface area (Å²) >= 11 is 0. The van der Waals surface area contributed by atoms with Gasteiger partial charge < -0.3 is 9.52 Å². The Balaban J connectivity index is 2.78. The van der Waals surface area contributed by atoms with Gasteiger partial charge in [0.2, 0.25) is 0 Å². The average molecular weight is 379 g/mol. The van der Waals surface area contributed by atoms with Crippen molar-refractivity contribution in [2.24, 2.45) is 5.16 Å². The Morgan fingerprint density at radius 1 is 1.36 bits per heavy atom. The van der Waals surface area contributed by atoms with Crippen LogP contribution in [-0.2, 0) is 21.0 Å². The molecule has 0 aliphatic rings. The molecule has 11 heteroatoms. The molecule has 0 unspecified atom stereocenters. The van der Waals surface area contributed by atoms with Crippen molar-refractivity contribution in [2.75, 3.05) is 6.26 Å². The number of rotatable bonds is 4. The number of nitrogens with zero attached hydrogens (tertiary/aromatic N) is 1. The number of oxime groups is 1. The molecule has 0 aliphatic heterocycles. The normalized spacial score (nSPS) is 13.3. The first kappa shape index (κ1) is 18.9. The lowest BCUT2D eigenvalue weighted by molar-refractivity contribution is -0.0598. The first-order chi connectivity index (χ1) is 11.4. The second kappa shape index (κ2) is 6.48. The quantitative estimate of drug-likeness (QED) is 0.494. The summed E-state index contributed by atoms with van der Waals surface area (Å²) in [5.74, 6) is 0. The van der Waals surface area contributed by atoms with Crippen LogP contribution in [0.15, 0.2) is 32.6 Å². The highest BCUT2D eigenvalue weighted by Crippen LogP contribution is 2.27. The molecule has 1 aromatic carbocycles. The molecule has 0 saturated carbocycles. The summed E-state index contributed by atoms with van der Waals surface area (Å²) in [5, 5.41) is 11.8. The van der Waals surface area contributed by atoms with Crippen molar-refractivity contribution in [2.45, 2.75) is 19.7 Å².